The number of carboxylic acids is 5. The Kier molecular flexibility index (Phi) is 41.2. The Bertz CT molecular complexity index is 5810. The highest BCUT2D eigenvalue weighted by Gasteiger charge is 2.27. The van der Waals surface area contributed by atoms with Crippen LogP contribution >= 0.6 is 57.7 Å². The first-order valence-electron chi connectivity index (χ1n) is 44.3. The van der Waals surface area contributed by atoms with Gasteiger partial charge in [0.2, 0.25) is 0 Å². The van der Waals surface area contributed by atoms with Crippen LogP contribution in [0.3, 0.4) is 0 Å². The molecule has 1 heterocycles. The monoisotopic (exact) mass is 1890 g/mol. The average molecular weight is 1890 g/mol. The molecule has 23 heteroatoms. The van der Waals surface area contributed by atoms with Crippen molar-refractivity contribution in [2.75, 3.05) is 0 Å². The third-order valence-corrected chi connectivity index (χ3v) is 24.3. The number of aliphatic carboxylic acids is 5. The fourth-order valence-corrected chi connectivity index (χ4v) is 16.3. The van der Waals surface area contributed by atoms with Gasteiger partial charge in [-0.1, -0.05) is 166 Å². The summed E-state index contributed by atoms with van der Waals surface area (Å²) in [6, 6.07) is 71.8. The predicted molar refractivity (Wildman–Crippen MR) is 529 cm³/mol. The Morgan fingerprint density at radius 1 is 0.376 bits per heavy atom. The van der Waals surface area contributed by atoms with Crippen LogP contribution in [0.2, 0.25) is 20.1 Å². The average Bonchev–Trinajstić information content (AvgIpc) is 1.70. The van der Waals surface area contributed by atoms with E-state index in [0.717, 1.165) is 85.6 Å². The van der Waals surface area contributed by atoms with E-state index < -0.39 is 60.4 Å². The molecule has 18 nitrogen and oxygen atoms in total. The maximum Gasteiger partial charge on any atom is 0.344 e. The van der Waals surface area contributed by atoms with Crippen molar-refractivity contribution >= 4 is 121 Å². The summed E-state index contributed by atoms with van der Waals surface area (Å²) in [5.74, 6) is -3.12. The van der Waals surface area contributed by atoms with Gasteiger partial charge in [-0.3, -0.25) is 14.4 Å². The summed E-state index contributed by atoms with van der Waals surface area (Å²) in [4.78, 5) is 96.2. The third-order valence-electron chi connectivity index (χ3n) is 22.1. The minimum Gasteiger partial charge on any atom is -0.479 e. The first-order chi connectivity index (χ1) is 64.2. The highest BCUT2D eigenvalue weighted by atomic mass is 35.5. The van der Waals surface area contributed by atoms with E-state index in [1.807, 2.05) is 91.9 Å². The molecule has 133 heavy (non-hydrogen) atoms. The standard InChI is InChI=1S/C26H27ClO4.C24H24O3S.C23H23ClO4.C19H17ClO4.C18H17ClO3/c1-18-7-15-24(31-25(26(29)30)16-11-19-5-3-2-4-6-19)22(17-18)23(28)14-10-20-8-12-21(27)13-9-20;25-24(26)21(15-10-17-6-2-1-3-7-17)27-20-13-11-18(12-14-20)23-16-19-8-4-5-9-22(19)28-23;24-19-11-7-17(8-12-19)22(25)18-9-13-20(14-10-18)28-21(23(26)27)15-6-16-4-2-1-3-5-16;1-2-3-4-17(19(22)23)24-16-11-7-14(8-12-16)18(21)13-5-9-15(20)10-6-13;1-2-3-4-17(18(20)21)22-16-11-7-14(8-12-16)13-5-9-15(19)10-6-13/h5,7-10,12-15,17,25H,2-4,6,11,16H2,1H3,(H,29,30);4-6,8-9,11-14,16,21H,1-3,7,10,15H2,(H,25,26);4,7-14,21H,1-3,5-6,15H2,(H,26,27);2,5-12,17H,1,3-4H2,(H,22,23);2,5-12,17H,1,3-4H2,(H,20,21)/b14-10+;;;;. The van der Waals surface area contributed by atoms with Crippen molar-refractivity contribution in [3.05, 3.63) is 368 Å². The van der Waals surface area contributed by atoms with Gasteiger partial charge in [-0.05, 0) is 364 Å². The molecular weight excluding hydrogens is 1780 g/mol. The van der Waals surface area contributed by atoms with Crippen molar-refractivity contribution in [3.63, 3.8) is 0 Å². The van der Waals surface area contributed by atoms with Crippen LogP contribution in [0, 0.1) is 6.92 Å². The number of carbonyl (C=O) groups excluding carboxylic acids is 3. The van der Waals surface area contributed by atoms with Gasteiger partial charge in [0.1, 0.15) is 28.7 Å². The zero-order valence-electron chi connectivity index (χ0n) is 74.0. The second-order valence-electron chi connectivity index (χ2n) is 32.1. The molecule has 11 aromatic rings. The molecular formula is C110H108Cl4O18S. The van der Waals surface area contributed by atoms with E-state index in [9.17, 15) is 53.7 Å². The van der Waals surface area contributed by atoms with Gasteiger partial charge in [0.25, 0.3) is 0 Å². The van der Waals surface area contributed by atoms with Crippen molar-refractivity contribution in [1.29, 1.82) is 0 Å². The maximum absolute atomic E-state index is 12.9. The summed E-state index contributed by atoms with van der Waals surface area (Å²) in [7, 11) is 0. The number of hydrogen-bond acceptors (Lipinski definition) is 14. The van der Waals surface area contributed by atoms with Crippen molar-refractivity contribution in [1.82, 2.24) is 0 Å². The Hall–Kier alpha value is -12.9. The smallest absolute Gasteiger partial charge is 0.344 e. The fourth-order valence-electron chi connectivity index (χ4n) is 14.7. The van der Waals surface area contributed by atoms with Crippen molar-refractivity contribution < 1.29 is 87.6 Å². The van der Waals surface area contributed by atoms with Crippen LogP contribution in [-0.4, -0.2) is 103 Å². The van der Waals surface area contributed by atoms with Crippen LogP contribution in [-0.2, 0) is 24.0 Å². The lowest BCUT2D eigenvalue weighted by atomic mass is 9.95. The Morgan fingerprint density at radius 3 is 1.07 bits per heavy atom. The molecule has 1 aromatic heterocycles. The zero-order chi connectivity index (χ0) is 95.0. The second kappa shape index (κ2) is 53.6. The van der Waals surface area contributed by atoms with E-state index in [0.29, 0.717) is 128 Å². The van der Waals surface area contributed by atoms with Crippen LogP contribution in [0.25, 0.3) is 37.7 Å². The summed E-state index contributed by atoms with van der Waals surface area (Å²) in [6.45, 7) is 9.05. The zero-order valence-corrected chi connectivity index (χ0v) is 77.8. The number of hydrogen-bond donors (Lipinski definition) is 5. The molecule has 5 atom stereocenters. The highest BCUT2D eigenvalue weighted by Crippen LogP contribution is 2.36. The van der Waals surface area contributed by atoms with Crippen molar-refractivity contribution in [2.24, 2.45) is 0 Å². The molecule has 0 radical (unpaired) electrons. The summed E-state index contributed by atoms with van der Waals surface area (Å²) >= 11 is 25.2. The molecule has 0 saturated heterocycles. The maximum atomic E-state index is 12.9. The number of aryl methyl sites for hydroxylation is 1. The molecule has 5 N–H and O–H groups in total. The van der Waals surface area contributed by atoms with Gasteiger partial charge >= 0.3 is 29.8 Å². The number of thiophene rings is 1. The van der Waals surface area contributed by atoms with Gasteiger partial charge in [0.05, 0.1) is 5.56 Å². The van der Waals surface area contributed by atoms with E-state index >= 15 is 0 Å². The topological polar surface area (TPSA) is 284 Å². The van der Waals surface area contributed by atoms with Crippen LogP contribution in [0.5, 0.6) is 28.7 Å². The van der Waals surface area contributed by atoms with E-state index in [1.54, 1.807) is 163 Å². The van der Waals surface area contributed by atoms with Crippen molar-refractivity contribution in [3.8, 4) is 50.3 Å². The van der Waals surface area contributed by atoms with Gasteiger partial charge in [0.15, 0.2) is 47.9 Å². The molecule has 3 aliphatic carbocycles. The molecule has 0 bridgehead atoms. The van der Waals surface area contributed by atoms with Gasteiger partial charge in [-0.15, -0.1) is 24.5 Å². The van der Waals surface area contributed by atoms with Gasteiger partial charge in [-0.25, -0.2) is 24.0 Å². The predicted octanol–water partition coefficient (Wildman–Crippen LogP) is 28.2. The molecule has 14 rings (SSSR count). The Morgan fingerprint density at radius 2 is 0.707 bits per heavy atom. The van der Waals surface area contributed by atoms with Crippen LogP contribution in [0.15, 0.2) is 309 Å². The van der Waals surface area contributed by atoms with Crippen molar-refractivity contribution in [2.45, 2.75) is 179 Å². The molecule has 690 valence electrons. The number of benzene rings is 10. The number of ketones is 3. The Balaban J connectivity index is 0.000000173. The lowest BCUT2D eigenvalue weighted by molar-refractivity contribution is -0.146. The lowest BCUT2D eigenvalue weighted by Gasteiger charge is -2.19. The summed E-state index contributed by atoms with van der Waals surface area (Å²) in [5, 5.41) is 50.7. The molecule has 0 spiro atoms. The van der Waals surface area contributed by atoms with Gasteiger partial charge in [-0.2, -0.15) is 0 Å². The molecule has 0 saturated carbocycles. The number of carbonyl (C=O) groups is 8. The summed E-state index contributed by atoms with van der Waals surface area (Å²) < 4.78 is 29.5. The Labute approximate surface area is 800 Å². The van der Waals surface area contributed by atoms with Gasteiger partial charge < -0.3 is 49.2 Å². The molecule has 10 aromatic carbocycles. The second-order valence-corrected chi connectivity index (χ2v) is 34.9. The first-order valence-corrected chi connectivity index (χ1v) is 46.6. The molecule has 0 fully saturated rings. The number of allylic oxidation sites excluding steroid dienone is 9. The minimum absolute atomic E-state index is 0.123. The first kappa shape index (κ1) is 102. The molecule has 0 amide bonds. The van der Waals surface area contributed by atoms with Crippen LogP contribution < -0.4 is 23.7 Å². The van der Waals surface area contributed by atoms with Crippen LogP contribution in [0.4, 0.5) is 0 Å². The quantitative estimate of drug-likeness (QED) is 0.0136. The fraction of sp³-hybridized carbons (Fsp3) is 0.255. The molecule has 5 unspecified atom stereocenters. The summed E-state index contributed by atoms with van der Waals surface area (Å²) in [6.07, 6.45) is 27.7. The molecule has 3 aliphatic rings. The normalized spacial score (nSPS) is 13.8. The van der Waals surface area contributed by atoms with E-state index in [-0.39, 0.29) is 17.3 Å². The highest BCUT2D eigenvalue weighted by molar-refractivity contribution is 7.22. The van der Waals surface area contributed by atoms with Crippen LogP contribution in [0.1, 0.15) is 195 Å². The molecule has 0 aliphatic heterocycles. The van der Waals surface area contributed by atoms with Gasteiger partial charge in [0, 0.05) is 51.9 Å². The van der Waals surface area contributed by atoms with E-state index in [1.165, 1.54) is 69.9 Å². The number of halogens is 4. The minimum atomic E-state index is -1.03. The SMILES string of the molecule is C=CCCC(Oc1ccc(-c2ccc(Cl)cc2)cc1)C(=O)O.C=CCCC(Oc1ccc(C(=O)c2ccc(Cl)cc2)cc1)C(=O)O.Cc1ccc(OC(CCC2=CCCCC2)C(=O)O)c(C(=O)/C=C/c2ccc(Cl)cc2)c1.O=C(O)C(CCC1=CCCCC1)Oc1ccc(-c2cc3ccccc3s2)cc1.O=C(c1ccc(Cl)cc1)c1ccc(OC(CCC2=CCCCC2)C(=O)O)cc1. The largest absolute Gasteiger partial charge is 0.479 e. The lowest BCUT2D eigenvalue weighted by Crippen LogP contribution is -2.27. The number of rotatable bonds is 39. The number of carboxylic acid groups (broad SMARTS) is 5. The van der Waals surface area contributed by atoms with E-state index in [4.69, 9.17) is 80.3 Å². The number of fused-ring (bicyclic) bond motifs is 1. The van der Waals surface area contributed by atoms with E-state index in [2.05, 4.69) is 55.7 Å². The third kappa shape index (κ3) is 34.0. The number of ether oxygens (including phenoxy) is 5. The summed E-state index contributed by atoms with van der Waals surface area (Å²) in [5.41, 5.74) is 11.3.